The first-order valence-electron chi connectivity index (χ1n) is 22.4. The number of ether oxygens (including phenoxy) is 1. The molecule has 2 aliphatic carbocycles. The average molecular weight is 888 g/mol. The fraction of sp³-hybridized carbons (Fsp3) is 0.438. The number of carbonyl (C=O) groups excluding carboxylic acids is 1. The van der Waals surface area contributed by atoms with E-state index >= 15 is 9.18 Å². The summed E-state index contributed by atoms with van der Waals surface area (Å²) < 4.78 is 55.1. The lowest BCUT2D eigenvalue weighted by Gasteiger charge is -2.42. The number of halogens is 1. The lowest BCUT2D eigenvalue weighted by atomic mass is 9.91. The highest BCUT2D eigenvalue weighted by Crippen LogP contribution is 2.56. The molecule has 2 saturated carbocycles. The van der Waals surface area contributed by atoms with Gasteiger partial charge in [0.05, 0.1) is 27.6 Å². The van der Waals surface area contributed by atoms with Crippen LogP contribution in [0.4, 0.5) is 10.3 Å². The molecular formula is C48H50FN7O7S. The van der Waals surface area contributed by atoms with E-state index in [-0.39, 0.29) is 47.3 Å². The Balaban J connectivity index is 0.973. The Hall–Kier alpha value is -5.87. The maximum Gasteiger partial charge on any atom is 0.438 e. The van der Waals surface area contributed by atoms with Crippen molar-refractivity contribution in [3.8, 4) is 5.69 Å². The van der Waals surface area contributed by atoms with E-state index in [1.165, 1.54) is 5.56 Å². The Kier molecular flexibility index (Phi) is 9.48. The van der Waals surface area contributed by atoms with Crippen molar-refractivity contribution in [2.24, 2.45) is 5.92 Å². The van der Waals surface area contributed by atoms with Crippen molar-refractivity contribution in [1.82, 2.24) is 29.2 Å². The van der Waals surface area contributed by atoms with Crippen molar-refractivity contribution in [1.29, 1.82) is 0 Å². The highest BCUT2D eigenvalue weighted by atomic mass is 32.2. The summed E-state index contributed by atoms with van der Waals surface area (Å²) in [4.78, 5) is 54.7. The summed E-state index contributed by atoms with van der Waals surface area (Å²) in [5.74, 6) is -0.0487. The fourth-order valence-corrected chi connectivity index (χ4v) is 12.3. The minimum atomic E-state index is -3.32. The first-order chi connectivity index (χ1) is 30.7. The Morgan fingerprint density at radius 2 is 1.59 bits per heavy atom. The second-order valence-electron chi connectivity index (χ2n) is 18.7. The summed E-state index contributed by atoms with van der Waals surface area (Å²) in [7, 11) is -3.32. The molecule has 1 amide bonds. The Labute approximate surface area is 369 Å². The zero-order valence-electron chi connectivity index (χ0n) is 36.3. The average Bonchev–Trinajstić information content (AvgIpc) is 4.16. The van der Waals surface area contributed by atoms with Crippen LogP contribution in [0.1, 0.15) is 114 Å². The molecule has 3 atom stereocenters. The number of hydrogen-bond donors (Lipinski definition) is 1. The number of benzene rings is 3. The van der Waals surface area contributed by atoms with Gasteiger partial charge in [0.2, 0.25) is 5.95 Å². The van der Waals surface area contributed by atoms with Gasteiger partial charge in [0.25, 0.3) is 11.5 Å². The maximum atomic E-state index is 15.3. The SMILES string of the molecule is Cc1cc(-n2c(N3CC(c4ccc(S(=O)(=O)C5CC5)cc4)C3)nc3c(c2=O)CCN(C(=O)c2cc4cc(C5CCOCC5)ccc4n2[C@@]2(c4noc(=O)[nH]4)C[C@H]2C)[C@H]3C)cc(C)c1F. The van der Waals surface area contributed by atoms with Crippen LogP contribution >= 0.6 is 0 Å². The minimum absolute atomic E-state index is 0.0283. The van der Waals surface area contributed by atoms with Crippen molar-refractivity contribution in [2.45, 2.75) is 99.8 Å². The molecule has 0 bridgehead atoms. The molecule has 11 rings (SSSR count). The second-order valence-corrected chi connectivity index (χ2v) is 20.9. The van der Waals surface area contributed by atoms with E-state index in [9.17, 15) is 18.0 Å². The van der Waals surface area contributed by atoms with E-state index in [1.807, 2.05) is 34.6 Å². The van der Waals surface area contributed by atoms with Gasteiger partial charge in [0, 0.05) is 55.2 Å². The van der Waals surface area contributed by atoms with Gasteiger partial charge in [0.1, 0.15) is 17.1 Å². The van der Waals surface area contributed by atoms with Crippen LogP contribution in [0.5, 0.6) is 0 Å². The number of hydrogen-bond acceptors (Lipinski definition) is 10. The van der Waals surface area contributed by atoms with Gasteiger partial charge in [-0.1, -0.05) is 30.3 Å². The van der Waals surface area contributed by atoms with Gasteiger partial charge in [-0.15, -0.1) is 0 Å². The lowest BCUT2D eigenvalue weighted by Crippen LogP contribution is -2.50. The first-order valence-corrected chi connectivity index (χ1v) is 23.9. The Morgan fingerprint density at radius 3 is 2.23 bits per heavy atom. The number of aromatic amines is 1. The normalized spacial score (nSPS) is 22.8. The monoisotopic (exact) mass is 887 g/mol. The first kappa shape index (κ1) is 40.9. The number of aromatic nitrogens is 5. The summed E-state index contributed by atoms with van der Waals surface area (Å²) in [5.41, 5.74) is 4.71. The van der Waals surface area contributed by atoms with Gasteiger partial charge < -0.3 is 19.1 Å². The van der Waals surface area contributed by atoms with Crippen molar-refractivity contribution in [2.75, 3.05) is 37.7 Å². The Morgan fingerprint density at radius 1 is 0.906 bits per heavy atom. The molecule has 14 nitrogen and oxygen atoms in total. The molecule has 3 aliphatic heterocycles. The van der Waals surface area contributed by atoms with Gasteiger partial charge in [-0.25, -0.2) is 27.2 Å². The number of nitrogens with one attached hydrogen (secondary N) is 1. The summed E-state index contributed by atoms with van der Waals surface area (Å²) in [5, 5.41) is 4.77. The zero-order chi connectivity index (χ0) is 44.4. The van der Waals surface area contributed by atoms with Gasteiger partial charge in [0.15, 0.2) is 15.7 Å². The summed E-state index contributed by atoms with van der Waals surface area (Å²) in [6.45, 7) is 10.0. The van der Waals surface area contributed by atoms with E-state index < -0.39 is 27.2 Å². The molecule has 6 aromatic rings. The molecule has 5 aliphatic rings. The molecule has 4 fully saturated rings. The van der Waals surface area contributed by atoms with Gasteiger partial charge in [-0.05, 0) is 136 Å². The van der Waals surface area contributed by atoms with Crippen molar-refractivity contribution in [3.05, 3.63) is 132 Å². The standard InChI is InChI=1S/C48H50FN7O7S/c1-26-19-35(20-27(2)41(26)49)55-43(57)38-13-16-54(29(4)42(38)50-46(55)53-24-34(25-53)30-5-8-36(9-6-30)64(60,61)37-10-11-37)44(58)40-22-33-21-32(31-14-17-62-18-15-31)7-12-39(33)56(40)48(23-28(48)3)45-51-47(59)63-52-45/h5-9,12,19-22,28-29,31,34,37H,10-11,13-18,23-25H2,1-4H3,(H,51,52,59)/t28-,29+,48+/m1/s1. The molecule has 0 radical (unpaired) electrons. The van der Waals surface area contributed by atoms with Crippen LogP contribution in [0.25, 0.3) is 16.6 Å². The predicted octanol–water partition coefficient (Wildman–Crippen LogP) is 6.60. The smallest absolute Gasteiger partial charge is 0.381 e. The zero-order valence-corrected chi connectivity index (χ0v) is 37.1. The van der Waals surface area contributed by atoms with Crippen LogP contribution < -0.4 is 16.2 Å². The maximum absolute atomic E-state index is 15.3. The highest BCUT2D eigenvalue weighted by Gasteiger charge is 2.59. The summed E-state index contributed by atoms with van der Waals surface area (Å²) in [6, 6.07) is 18.2. The molecule has 64 heavy (non-hydrogen) atoms. The van der Waals surface area contributed by atoms with Crippen LogP contribution in [0.2, 0.25) is 0 Å². The third kappa shape index (κ3) is 6.41. The van der Waals surface area contributed by atoms with Crippen molar-refractivity contribution >= 4 is 32.6 Å². The van der Waals surface area contributed by atoms with Crippen LogP contribution in [-0.2, 0) is 26.5 Å². The lowest BCUT2D eigenvalue weighted by molar-refractivity contribution is 0.0658. The molecule has 1 N–H and O–H groups in total. The third-order valence-electron chi connectivity index (χ3n) is 14.7. The number of rotatable bonds is 9. The number of fused-ring (bicyclic) bond motifs is 2. The molecular weight excluding hydrogens is 838 g/mol. The molecule has 0 unspecified atom stereocenters. The number of nitrogens with zero attached hydrogens (tertiary/aromatic N) is 6. The van der Waals surface area contributed by atoms with E-state index in [1.54, 1.807) is 47.6 Å². The second kappa shape index (κ2) is 14.8. The number of carbonyl (C=O) groups is 1. The quantitative estimate of drug-likeness (QED) is 0.167. The number of H-pyrrole nitrogens is 1. The molecule has 3 aromatic heterocycles. The molecule has 6 heterocycles. The molecule has 0 spiro atoms. The molecule has 3 aromatic carbocycles. The molecule has 16 heteroatoms. The topological polar surface area (TPSA) is 166 Å². The number of aryl methyl sites for hydroxylation is 2. The largest absolute Gasteiger partial charge is 0.438 e. The van der Waals surface area contributed by atoms with E-state index in [0.29, 0.717) is 102 Å². The number of amides is 1. The van der Waals surface area contributed by atoms with E-state index in [4.69, 9.17) is 14.2 Å². The van der Waals surface area contributed by atoms with Gasteiger partial charge in [-0.3, -0.25) is 19.1 Å². The third-order valence-corrected chi connectivity index (χ3v) is 16.9. The van der Waals surface area contributed by atoms with Crippen LogP contribution in [0.3, 0.4) is 0 Å². The predicted molar refractivity (Wildman–Crippen MR) is 237 cm³/mol. The summed E-state index contributed by atoms with van der Waals surface area (Å²) in [6.07, 6.45) is 4.11. The fourth-order valence-electron chi connectivity index (χ4n) is 10.7. The number of sulfone groups is 1. The molecule has 2 saturated heterocycles. The molecule has 332 valence electrons. The van der Waals surface area contributed by atoms with Crippen LogP contribution in [-0.4, -0.2) is 81.6 Å². The summed E-state index contributed by atoms with van der Waals surface area (Å²) >= 11 is 0. The van der Waals surface area contributed by atoms with E-state index in [2.05, 4.69) is 35.3 Å². The van der Waals surface area contributed by atoms with Gasteiger partial charge >= 0.3 is 5.76 Å². The van der Waals surface area contributed by atoms with E-state index in [0.717, 1.165) is 29.3 Å². The van der Waals surface area contributed by atoms with Crippen molar-refractivity contribution < 1.29 is 26.9 Å². The Bertz CT molecular complexity index is 3100. The van der Waals surface area contributed by atoms with Crippen LogP contribution in [0, 0.1) is 25.6 Å². The highest BCUT2D eigenvalue weighted by molar-refractivity contribution is 7.92. The van der Waals surface area contributed by atoms with Gasteiger partial charge in [-0.2, -0.15) is 0 Å². The van der Waals surface area contributed by atoms with Crippen LogP contribution in [0.15, 0.2) is 79.7 Å². The van der Waals surface area contributed by atoms with Crippen molar-refractivity contribution in [3.63, 3.8) is 0 Å². The minimum Gasteiger partial charge on any atom is -0.381 e. The number of anilines is 1.